The number of halogens is 3. The molecule has 1 N–H and O–H groups in total. The number of anilines is 1. The Morgan fingerprint density at radius 3 is 2.46 bits per heavy atom. The number of rotatable bonds is 10. The van der Waals surface area contributed by atoms with Crippen molar-refractivity contribution in [3.8, 4) is 17.0 Å². The molecule has 2 heterocycles. The van der Waals surface area contributed by atoms with E-state index in [4.69, 9.17) is 9.47 Å². The number of para-hydroxylation sites is 1. The second-order valence-corrected chi connectivity index (χ2v) is 11.5. The van der Waals surface area contributed by atoms with Gasteiger partial charge in [0, 0.05) is 16.9 Å². The van der Waals surface area contributed by atoms with Crippen molar-refractivity contribution in [2.45, 2.75) is 44.9 Å². The van der Waals surface area contributed by atoms with E-state index in [-0.39, 0.29) is 47.0 Å². The monoisotopic (exact) mass is 585 g/mol. The van der Waals surface area contributed by atoms with Crippen LogP contribution in [0.25, 0.3) is 11.3 Å². The summed E-state index contributed by atoms with van der Waals surface area (Å²) >= 11 is 1.18. The van der Waals surface area contributed by atoms with Crippen molar-refractivity contribution in [3.63, 3.8) is 0 Å². The summed E-state index contributed by atoms with van der Waals surface area (Å²) in [6, 6.07) is 6.74. The lowest BCUT2D eigenvalue weighted by molar-refractivity contribution is -0.141. The summed E-state index contributed by atoms with van der Waals surface area (Å²) in [5.41, 5.74) is -0.668. The molecule has 0 bridgehead atoms. The number of nitrogens with one attached hydrogen (secondary N) is 1. The summed E-state index contributed by atoms with van der Waals surface area (Å²) in [6.45, 7) is 5.29. The predicted molar refractivity (Wildman–Crippen MR) is 139 cm³/mol. The number of ether oxygens (including phenoxy) is 2. The molecule has 0 spiro atoms. The molecule has 0 aliphatic carbocycles. The Morgan fingerprint density at radius 1 is 1.13 bits per heavy atom. The molecule has 2 aromatic heterocycles. The van der Waals surface area contributed by atoms with E-state index in [1.807, 2.05) is 0 Å². The smallest absolute Gasteiger partial charge is 0.433 e. The second-order valence-electron chi connectivity index (χ2n) is 8.30. The fourth-order valence-corrected chi connectivity index (χ4v) is 5.82. The van der Waals surface area contributed by atoms with Crippen LogP contribution in [0.4, 0.5) is 18.2 Å². The van der Waals surface area contributed by atoms with E-state index in [9.17, 15) is 31.2 Å². The van der Waals surface area contributed by atoms with E-state index in [2.05, 4.69) is 15.3 Å². The number of alkyl halides is 3. The van der Waals surface area contributed by atoms with Gasteiger partial charge in [0.1, 0.15) is 16.4 Å². The summed E-state index contributed by atoms with van der Waals surface area (Å²) in [7, 11) is -3.09. The Morgan fingerprint density at radius 2 is 1.82 bits per heavy atom. The highest BCUT2D eigenvalue weighted by atomic mass is 32.2. The molecular weight excluding hydrogens is 559 g/mol. The Bertz CT molecular complexity index is 1490. The lowest BCUT2D eigenvalue weighted by Crippen LogP contribution is -2.19. The highest BCUT2D eigenvalue weighted by Gasteiger charge is 2.35. The third-order valence-corrected chi connectivity index (χ3v) is 8.28. The average molecular weight is 586 g/mol. The van der Waals surface area contributed by atoms with Crippen molar-refractivity contribution in [3.05, 3.63) is 52.0 Å². The zero-order valence-corrected chi connectivity index (χ0v) is 23.1. The van der Waals surface area contributed by atoms with E-state index in [1.165, 1.54) is 30.6 Å². The number of sulfone groups is 1. The minimum absolute atomic E-state index is 0.148. The second kappa shape index (κ2) is 12.1. The normalized spacial score (nSPS) is 11.8. The number of methoxy groups -OCH3 is 1. The van der Waals surface area contributed by atoms with Gasteiger partial charge in [0.05, 0.1) is 30.7 Å². The van der Waals surface area contributed by atoms with Crippen LogP contribution in [0.5, 0.6) is 5.75 Å². The molecule has 0 unspecified atom stereocenters. The third-order valence-electron chi connectivity index (χ3n) is 5.59. The van der Waals surface area contributed by atoms with E-state index in [0.717, 1.165) is 4.88 Å². The fourth-order valence-electron chi connectivity index (χ4n) is 3.57. The van der Waals surface area contributed by atoms with Gasteiger partial charge in [0.25, 0.3) is 0 Å². The van der Waals surface area contributed by atoms with Crippen LogP contribution in [0, 0.1) is 13.8 Å². The average Bonchev–Trinajstić information content (AvgIpc) is 3.15. The van der Waals surface area contributed by atoms with Crippen LogP contribution in [0.15, 0.2) is 35.5 Å². The lowest BCUT2D eigenvalue weighted by Gasteiger charge is -2.13. The van der Waals surface area contributed by atoms with Gasteiger partial charge < -0.3 is 14.8 Å². The van der Waals surface area contributed by atoms with Crippen LogP contribution in [-0.2, 0) is 25.5 Å². The molecule has 0 atom stereocenters. The van der Waals surface area contributed by atoms with Crippen molar-refractivity contribution >= 4 is 38.1 Å². The first-order valence-corrected chi connectivity index (χ1v) is 14.1. The number of esters is 1. The molecule has 1 amide bonds. The molecule has 0 aliphatic rings. The fraction of sp³-hybridized carbons (Fsp3) is 0.360. The molecule has 39 heavy (non-hydrogen) atoms. The summed E-state index contributed by atoms with van der Waals surface area (Å²) < 4.78 is 76.8. The molecule has 210 valence electrons. The molecule has 14 heteroatoms. The number of carbonyl (C=O) groups is 2. The van der Waals surface area contributed by atoms with E-state index >= 15 is 0 Å². The van der Waals surface area contributed by atoms with Crippen LogP contribution in [0.1, 0.15) is 46.3 Å². The number of thiophene rings is 1. The third kappa shape index (κ3) is 7.12. The molecule has 0 saturated carbocycles. The Balaban J connectivity index is 1.80. The molecule has 9 nitrogen and oxygen atoms in total. The van der Waals surface area contributed by atoms with Gasteiger partial charge in [-0.1, -0.05) is 12.1 Å². The first kappa shape index (κ1) is 30.0. The van der Waals surface area contributed by atoms with Gasteiger partial charge in [-0.25, -0.2) is 23.2 Å². The molecular formula is C25H26F3N3O6S2. The number of benzene rings is 1. The molecule has 1 aromatic carbocycles. The standard InChI is InChI=1S/C25H26F3N3O6S2/c1-5-37-23(33)21-14(2)15(3)38-22(21)31-20(32)11-8-12-39(34,35)24-29-17(13-19(30-24)25(26,27)28)16-9-6-7-10-18(16)36-4/h6-7,9-10,13H,5,8,11-12H2,1-4H3,(H,31,32). The summed E-state index contributed by atoms with van der Waals surface area (Å²) in [5.74, 6) is -1.65. The van der Waals surface area contributed by atoms with Crippen LogP contribution in [0.3, 0.4) is 0 Å². The number of carbonyl (C=O) groups excluding carboxylic acids is 2. The van der Waals surface area contributed by atoms with Crippen molar-refractivity contribution < 1.29 is 40.7 Å². The van der Waals surface area contributed by atoms with Gasteiger partial charge in [0.2, 0.25) is 20.9 Å². The quantitative estimate of drug-likeness (QED) is 0.254. The number of aryl methyl sites for hydroxylation is 1. The van der Waals surface area contributed by atoms with Crippen molar-refractivity contribution in [2.75, 3.05) is 24.8 Å². The number of amides is 1. The van der Waals surface area contributed by atoms with Crippen LogP contribution in [0.2, 0.25) is 0 Å². The summed E-state index contributed by atoms with van der Waals surface area (Å²) in [4.78, 5) is 32.8. The SMILES string of the molecule is CCOC(=O)c1c(NC(=O)CCCS(=O)(=O)c2nc(-c3ccccc3OC)cc(C(F)(F)F)n2)sc(C)c1C. The van der Waals surface area contributed by atoms with Crippen LogP contribution < -0.4 is 10.1 Å². The Hall–Kier alpha value is -3.52. The van der Waals surface area contributed by atoms with Crippen molar-refractivity contribution in [1.29, 1.82) is 0 Å². The zero-order valence-electron chi connectivity index (χ0n) is 21.5. The van der Waals surface area contributed by atoms with E-state index in [1.54, 1.807) is 32.9 Å². The highest BCUT2D eigenvalue weighted by molar-refractivity contribution is 7.91. The first-order chi connectivity index (χ1) is 18.3. The largest absolute Gasteiger partial charge is 0.496 e. The van der Waals surface area contributed by atoms with E-state index < -0.39 is 44.5 Å². The predicted octanol–water partition coefficient (Wildman–Crippen LogP) is 5.22. The maximum Gasteiger partial charge on any atom is 0.433 e. The van der Waals surface area contributed by atoms with Crippen LogP contribution in [-0.4, -0.2) is 49.7 Å². The molecule has 0 aliphatic heterocycles. The van der Waals surface area contributed by atoms with Gasteiger partial charge in [-0.15, -0.1) is 11.3 Å². The van der Waals surface area contributed by atoms with Crippen LogP contribution >= 0.6 is 11.3 Å². The maximum absolute atomic E-state index is 13.6. The summed E-state index contributed by atoms with van der Waals surface area (Å²) in [6.07, 6.45) is -5.44. The van der Waals surface area contributed by atoms with E-state index in [0.29, 0.717) is 11.6 Å². The van der Waals surface area contributed by atoms with Gasteiger partial charge in [-0.05, 0) is 51.0 Å². The Kier molecular flexibility index (Phi) is 9.33. The number of nitrogens with zero attached hydrogens (tertiary/aromatic N) is 2. The summed E-state index contributed by atoms with van der Waals surface area (Å²) in [5, 5.41) is 1.87. The topological polar surface area (TPSA) is 125 Å². The number of hydrogen-bond donors (Lipinski definition) is 1. The minimum atomic E-state index is -4.93. The molecule has 0 saturated heterocycles. The maximum atomic E-state index is 13.6. The number of hydrogen-bond acceptors (Lipinski definition) is 9. The van der Waals surface area contributed by atoms with Gasteiger partial charge in [-0.2, -0.15) is 13.2 Å². The molecule has 3 rings (SSSR count). The molecule has 3 aromatic rings. The van der Waals surface area contributed by atoms with Gasteiger partial charge in [-0.3, -0.25) is 4.79 Å². The number of aromatic nitrogens is 2. The lowest BCUT2D eigenvalue weighted by atomic mass is 10.1. The van der Waals surface area contributed by atoms with Crippen molar-refractivity contribution in [2.24, 2.45) is 0 Å². The molecule has 0 radical (unpaired) electrons. The molecule has 0 fully saturated rings. The first-order valence-electron chi connectivity index (χ1n) is 11.7. The van der Waals surface area contributed by atoms with Gasteiger partial charge >= 0.3 is 12.1 Å². The minimum Gasteiger partial charge on any atom is -0.496 e. The zero-order chi connectivity index (χ0) is 29.0. The van der Waals surface area contributed by atoms with Crippen molar-refractivity contribution in [1.82, 2.24) is 9.97 Å². The van der Waals surface area contributed by atoms with Gasteiger partial charge in [0.15, 0.2) is 0 Å². The Labute approximate surface area is 227 Å². The highest BCUT2D eigenvalue weighted by Crippen LogP contribution is 2.35.